The van der Waals surface area contributed by atoms with Crippen LogP contribution in [0.5, 0.6) is 0 Å². The Morgan fingerprint density at radius 1 is 1.06 bits per heavy atom. The first-order chi connectivity index (χ1) is 15.1. The lowest BCUT2D eigenvalue weighted by Gasteiger charge is -2.31. The maximum absolute atomic E-state index is 13.2. The monoisotopic (exact) mass is 417 g/mol. The van der Waals surface area contributed by atoms with Crippen molar-refractivity contribution >= 4 is 16.9 Å². The van der Waals surface area contributed by atoms with E-state index in [1.165, 1.54) is 36.4 Å². The van der Waals surface area contributed by atoms with Crippen molar-refractivity contribution in [3.8, 4) is 5.69 Å². The summed E-state index contributed by atoms with van der Waals surface area (Å²) in [6.45, 7) is 1.14. The average molecular weight is 417 g/mol. The van der Waals surface area contributed by atoms with Crippen molar-refractivity contribution in [1.29, 1.82) is 0 Å². The molecule has 1 N–H and O–H groups in total. The normalized spacial score (nSPS) is 16.5. The van der Waals surface area contributed by atoms with Crippen LogP contribution in [-0.2, 0) is 0 Å². The molecule has 156 valence electrons. The summed E-state index contributed by atoms with van der Waals surface area (Å²) in [5.74, 6) is 0.335. The number of amides is 1. The number of rotatable bonds is 3. The summed E-state index contributed by atoms with van der Waals surface area (Å²) in [6.07, 6.45) is 1.79. The number of aromatic amines is 1. The van der Waals surface area contributed by atoms with Crippen LogP contribution in [0.3, 0.4) is 0 Å². The van der Waals surface area contributed by atoms with E-state index in [4.69, 9.17) is 4.98 Å². The molecule has 1 aliphatic rings. The second kappa shape index (κ2) is 7.79. The van der Waals surface area contributed by atoms with Crippen LogP contribution in [0.15, 0.2) is 65.5 Å². The number of halogens is 1. The van der Waals surface area contributed by atoms with Gasteiger partial charge in [-0.1, -0.05) is 12.1 Å². The predicted molar refractivity (Wildman–Crippen MR) is 114 cm³/mol. The number of H-pyrrole nitrogens is 1. The molecule has 1 unspecified atom stereocenters. The number of benzene rings is 2. The molecule has 7 nitrogen and oxygen atoms in total. The van der Waals surface area contributed by atoms with E-state index >= 15 is 0 Å². The molecule has 0 radical (unpaired) electrons. The van der Waals surface area contributed by atoms with E-state index in [1.54, 1.807) is 4.90 Å². The molecular weight excluding hydrogens is 397 g/mol. The summed E-state index contributed by atoms with van der Waals surface area (Å²) in [4.78, 5) is 35.2. The van der Waals surface area contributed by atoms with Crippen molar-refractivity contribution in [3.63, 3.8) is 0 Å². The minimum atomic E-state index is -0.408. The number of piperidine rings is 1. The smallest absolute Gasteiger partial charge is 0.274 e. The third-order valence-corrected chi connectivity index (χ3v) is 5.59. The first kappa shape index (κ1) is 19.2. The fraction of sp³-hybridized carbons (Fsp3) is 0.217. The maximum atomic E-state index is 13.2. The van der Waals surface area contributed by atoms with Crippen molar-refractivity contribution in [1.82, 2.24) is 24.6 Å². The largest absolute Gasteiger partial charge is 0.342 e. The molecular formula is C23H20FN5O2. The maximum Gasteiger partial charge on any atom is 0.274 e. The molecule has 1 atom stereocenters. The number of carbonyl (C=O) groups is 1. The molecule has 0 spiro atoms. The van der Waals surface area contributed by atoms with Crippen molar-refractivity contribution < 1.29 is 9.18 Å². The molecule has 4 aromatic rings. The number of para-hydroxylation sites is 2. The summed E-state index contributed by atoms with van der Waals surface area (Å²) in [7, 11) is 0. The Morgan fingerprint density at radius 3 is 2.68 bits per heavy atom. The van der Waals surface area contributed by atoms with Gasteiger partial charge in [0.15, 0.2) is 0 Å². The van der Waals surface area contributed by atoms with Gasteiger partial charge in [-0.05, 0) is 55.3 Å². The van der Waals surface area contributed by atoms with Crippen LogP contribution in [0.25, 0.3) is 16.7 Å². The van der Waals surface area contributed by atoms with Crippen LogP contribution >= 0.6 is 0 Å². The SMILES string of the molecule is O=C(c1ccc(=O)n(-c2ccc(F)cc2)n1)N1CCCC(c2nc3ccccc3[nH]2)C1. The fourth-order valence-electron chi connectivity index (χ4n) is 4.01. The number of nitrogens with one attached hydrogen (secondary N) is 1. The molecule has 1 amide bonds. The van der Waals surface area contributed by atoms with E-state index in [-0.39, 0.29) is 23.1 Å². The van der Waals surface area contributed by atoms with Crippen LogP contribution < -0.4 is 5.56 Å². The molecule has 2 aromatic heterocycles. The average Bonchev–Trinajstić information content (AvgIpc) is 3.24. The number of fused-ring (bicyclic) bond motifs is 1. The Kier molecular flexibility index (Phi) is 4.82. The summed E-state index contributed by atoms with van der Waals surface area (Å²) in [5, 5.41) is 4.25. The molecule has 0 saturated carbocycles. The first-order valence-electron chi connectivity index (χ1n) is 10.2. The minimum absolute atomic E-state index is 0.105. The third-order valence-electron chi connectivity index (χ3n) is 5.59. The van der Waals surface area contributed by atoms with Gasteiger partial charge in [-0.2, -0.15) is 9.78 Å². The van der Waals surface area contributed by atoms with Gasteiger partial charge < -0.3 is 9.88 Å². The molecule has 8 heteroatoms. The van der Waals surface area contributed by atoms with Gasteiger partial charge in [0.25, 0.3) is 11.5 Å². The standard InChI is InChI=1S/C23H20FN5O2/c24-16-7-9-17(10-8-16)29-21(30)12-11-20(27-29)23(31)28-13-3-4-15(14-28)22-25-18-5-1-2-6-19(18)26-22/h1-2,5-12,15H,3-4,13-14H2,(H,25,26). The molecule has 0 aliphatic carbocycles. The number of aromatic nitrogens is 4. The zero-order valence-corrected chi connectivity index (χ0v) is 16.7. The highest BCUT2D eigenvalue weighted by atomic mass is 19.1. The minimum Gasteiger partial charge on any atom is -0.342 e. The van der Waals surface area contributed by atoms with E-state index in [2.05, 4.69) is 10.1 Å². The molecule has 2 aromatic carbocycles. The first-order valence-corrected chi connectivity index (χ1v) is 10.2. The topological polar surface area (TPSA) is 83.9 Å². The predicted octanol–water partition coefficient (Wildman–Crippen LogP) is 3.27. The lowest BCUT2D eigenvalue weighted by molar-refractivity contribution is 0.0697. The molecule has 3 heterocycles. The van der Waals surface area contributed by atoms with Gasteiger partial charge in [0.2, 0.25) is 0 Å². The quantitative estimate of drug-likeness (QED) is 0.555. The third kappa shape index (κ3) is 3.72. The Morgan fingerprint density at radius 2 is 1.87 bits per heavy atom. The Balaban J connectivity index is 1.40. The van der Waals surface area contributed by atoms with E-state index in [1.807, 2.05) is 24.3 Å². The highest BCUT2D eigenvalue weighted by Crippen LogP contribution is 2.27. The van der Waals surface area contributed by atoms with Gasteiger partial charge in [0.05, 0.1) is 16.7 Å². The molecule has 1 saturated heterocycles. The highest BCUT2D eigenvalue weighted by molar-refractivity contribution is 5.92. The summed E-state index contributed by atoms with van der Waals surface area (Å²) < 4.78 is 14.3. The lowest BCUT2D eigenvalue weighted by atomic mass is 9.97. The number of imidazole rings is 1. The summed E-state index contributed by atoms with van der Waals surface area (Å²) >= 11 is 0. The van der Waals surface area contributed by atoms with E-state index in [0.29, 0.717) is 18.8 Å². The molecule has 5 rings (SSSR count). The number of nitrogens with zero attached hydrogens (tertiary/aromatic N) is 4. The molecule has 0 bridgehead atoms. The molecule has 31 heavy (non-hydrogen) atoms. The van der Waals surface area contributed by atoms with Gasteiger partial charge in [-0.15, -0.1) is 0 Å². The number of hydrogen-bond acceptors (Lipinski definition) is 4. The van der Waals surface area contributed by atoms with Crippen LogP contribution in [0, 0.1) is 5.82 Å². The number of hydrogen-bond donors (Lipinski definition) is 1. The second-order valence-corrected chi connectivity index (χ2v) is 7.67. The summed E-state index contributed by atoms with van der Waals surface area (Å²) in [5.41, 5.74) is 2.08. The summed E-state index contributed by atoms with van der Waals surface area (Å²) in [6, 6.07) is 16.0. The Bertz CT molecular complexity index is 1280. The van der Waals surface area contributed by atoms with Crippen molar-refractivity contribution in [3.05, 3.63) is 88.4 Å². The molecule has 1 fully saturated rings. The van der Waals surface area contributed by atoms with E-state index in [9.17, 15) is 14.0 Å². The van der Waals surface area contributed by atoms with E-state index < -0.39 is 5.82 Å². The van der Waals surface area contributed by atoms with Gasteiger partial charge in [0.1, 0.15) is 17.3 Å². The van der Waals surface area contributed by atoms with E-state index in [0.717, 1.165) is 34.4 Å². The van der Waals surface area contributed by atoms with Crippen molar-refractivity contribution in [2.75, 3.05) is 13.1 Å². The van der Waals surface area contributed by atoms with Gasteiger partial charge >= 0.3 is 0 Å². The Labute approximate surface area is 177 Å². The van der Waals surface area contributed by atoms with Crippen molar-refractivity contribution in [2.45, 2.75) is 18.8 Å². The van der Waals surface area contributed by atoms with Gasteiger partial charge in [-0.25, -0.2) is 9.37 Å². The lowest BCUT2D eigenvalue weighted by Crippen LogP contribution is -2.40. The molecule has 1 aliphatic heterocycles. The van der Waals surface area contributed by atoms with Crippen LogP contribution in [0.1, 0.15) is 35.1 Å². The van der Waals surface area contributed by atoms with Crippen LogP contribution in [0.2, 0.25) is 0 Å². The fourth-order valence-corrected chi connectivity index (χ4v) is 4.01. The zero-order chi connectivity index (χ0) is 21.4. The van der Waals surface area contributed by atoms with Gasteiger partial charge in [0, 0.05) is 25.1 Å². The zero-order valence-electron chi connectivity index (χ0n) is 16.7. The van der Waals surface area contributed by atoms with Crippen LogP contribution in [0.4, 0.5) is 4.39 Å². The number of likely N-dealkylation sites (tertiary alicyclic amines) is 1. The highest BCUT2D eigenvalue weighted by Gasteiger charge is 2.28. The number of carbonyl (C=O) groups excluding carboxylic acids is 1. The van der Waals surface area contributed by atoms with Crippen LogP contribution in [-0.4, -0.2) is 43.6 Å². The second-order valence-electron chi connectivity index (χ2n) is 7.67. The van der Waals surface area contributed by atoms with Crippen molar-refractivity contribution in [2.24, 2.45) is 0 Å². The Hall–Kier alpha value is -3.81. The van der Waals surface area contributed by atoms with Gasteiger partial charge in [-0.3, -0.25) is 9.59 Å².